The third-order valence-electron chi connectivity index (χ3n) is 3.21. The highest BCUT2D eigenvalue weighted by molar-refractivity contribution is 5.89. The van der Waals surface area contributed by atoms with Gasteiger partial charge in [-0.25, -0.2) is 0 Å². The molecule has 5 nitrogen and oxygen atoms in total. The first kappa shape index (κ1) is 15.0. The second-order valence-corrected chi connectivity index (χ2v) is 5.50. The molecule has 5 heteroatoms. The van der Waals surface area contributed by atoms with Crippen LogP contribution in [0.5, 0.6) is 0 Å². The Balaban J connectivity index is 2.40. The summed E-state index contributed by atoms with van der Waals surface area (Å²) in [4.78, 5) is 25.6. The Morgan fingerprint density at radius 3 is 2.28 bits per heavy atom. The monoisotopic (exact) mass is 255 g/mol. The Labute approximate surface area is 109 Å². The maximum atomic E-state index is 12.0. The molecule has 1 fully saturated rings. The van der Waals surface area contributed by atoms with Crippen LogP contribution in [0.15, 0.2) is 0 Å². The lowest BCUT2D eigenvalue weighted by Gasteiger charge is -2.22. The van der Waals surface area contributed by atoms with E-state index in [9.17, 15) is 9.59 Å². The van der Waals surface area contributed by atoms with Gasteiger partial charge in [0.15, 0.2) is 0 Å². The van der Waals surface area contributed by atoms with Crippen molar-refractivity contribution in [2.24, 2.45) is 11.7 Å². The van der Waals surface area contributed by atoms with Crippen molar-refractivity contribution in [3.63, 3.8) is 0 Å². The molecule has 0 saturated carbocycles. The number of nitrogens with two attached hydrogens (primary N) is 1. The van der Waals surface area contributed by atoms with Crippen LogP contribution in [0.4, 0.5) is 0 Å². The second-order valence-electron chi connectivity index (χ2n) is 5.50. The van der Waals surface area contributed by atoms with Gasteiger partial charge in [-0.1, -0.05) is 13.8 Å². The molecule has 18 heavy (non-hydrogen) atoms. The summed E-state index contributed by atoms with van der Waals surface area (Å²) in [5.74, 6) is 0.136. The number of nitrogens with zero attached hydrogens (tertiary/aromatic N) is 1. The lowest BCUT2D eigenvalue weighted by Crippen LogP contribution is -2.51. The molecule has 3 N–H and O–H groups in total. The minimum Gasteiger partial charge on any atom is -0.343 e. The molecule has 0 radical (unpaired) electrons. The summed E-state index contributed by atoms with van der Waals surface area (Å²) in [5, 5.41) is 2.71. The van der Waals surface area contributed by atoms with Crippen molar-refractivity contribution in [2.45, 2.75) is 52.1 Å². The van der Waals surface area contributed by atoms with E-state index in [2.05, 4.69) is 5.32 Å². The highest BCUT2D eigenvalue weighted by atomic mass is 16.2. The van der Waals surface area contributed by atoms with Crippen LogP contribution in [0.2, 0.25) is 0 Å². The summed E-state index contributed by atoms with van der Waals surface area (Å²) in [5.41, 5.74) is 5.78. The van der Waals surface area contributed by atoms with Gasteiger partial charge >= 0.3 is 0 Å². The summed E-state index contributed by atoms with van der Waals surface area (Å²) in [6, 6.07) is -1.01. The fraction of sp³-hybridized carbons (Fsp3) is 0.846. The second kappa shape index (κ2) is 6.73. The predicted molar refractivity (Wildman–Crippen MR) is 70.8 cm³/mol. The number of rotatable bonds is 5. The molecule has 2 atom stereocenters. The summed E-state index contributed by atoms with van der Waals surface area (Å²) >= 11 is 0. The first-order valence-electron chi connectivity index (χ1n) is 6.76. The van der Waals surface area contributed by atoms with E-state index >= 15 is 0 Å². The van der Waals surface area contributed by atoms with Gasteiger partial charge in [-0.2, -0.15) is 0 Å². The predicted octanol–water partition coefficient (Wildman–Crippen LogP) is 0.487. The van der Waals surface area contributed by atoms with E-state index < -0.39 is 12.1 Å². The molecular formula is C13H25N3O2. The number of amides is 2. The van der Waals surface area contributed by atoms with E-state index in [1.165, 1.54) is 0 Å². The highest BCUT2D eigenvalue weighted by Gasteiger charge is 2.25. The van der Waals surface area contributed by atoms with Gasteiger partial charge in [-0.15, -0.1) is 0 Å². The van der Waals surface area contributed by atoms with Crippen molar-refractivity contribution >= 4 is 11.8 Å². The zero-order valence-corrected chi connectivity index (χ0v) is 11.6. The van der Waals surface area contributed by atoms with Crippen LogP contribution in [0.3, 0.4) is 0 Å². The van der Waals surface area contributed by atoms with Gasteiger partial charge in [0.2, 0.25) is 11.8 Å². The average Bonchev–Trinajstić information content (AvgIpc) is 2.80. The van der Waals surface area contributed by atoms with Gasteiger partial charge in [-0.05, 0) is 32.1 Å². The minimum absolute atomic E-state index is 0.00223. The van der Waals surface area contributed by atoms with Crippen LogP contribution in [0, 0.1) is 5.92 Å². The van der Waals surface area contributed by atoms with Crippen molar-refractivity contribution < 1.29 is 9.59 Å². The fourth-order valence-corrected chi connectivity index (χ4v) is 2.21. The molecule has 0 spiro atoms. The SMILES string of the molecule is CC(C)C[C@@H](N)C(=O)NC(C)C(=O)N1CCCC1. The molecule has 1 aliphatic rings. The molecule has 1 heterocycles. The van der Waals surface area contributed by atoms with E-state index in [1.54, 1.807) is 11.8 Å². The molecule has 0 aromatic carbocycles. The standard InChI is InChI=1S/C13H25N3O2/c1-9(2)8-11(14)12(17)15-10(3)13(18)16-6-4-5-7-16/h9-11H,4-8,14H2,1-3H3,(H,15,17)/t10?,11-/m1/s1. The van der Waals surface area contributed by atoms with Crippen LogP contribution < -0.4 is 11.1 Å². The largest absolute Gasteiger partial charge is 0.343 e. The number of likely N-dealkylation sites (tertiary alicyclic amines) is 1. The summed E-state index contributed by atoms with van der Waals surface area (Å²) in [6.45, 7) is 7.37. The lowest BCUT2D eigenvalue weighted by atomic mass is 10.0. The number of nitrogens with one attached hydrogen (secondary N) is 1. The number of carbonyl (C=O) groups is 2. The van der Waals surface area contributed by atoms with Gasteiger partial charge in [0.25, 0.3) is 0 Å². The summed E-state index contributed by atoms with van der Waals surface area (Å²) in [7, 11) is 0. The van der Waals surface area contributed by atoms with Gasteiger partial charge < -0.3 is 16.0 Å². The maximum absolute atomic E-state index is 12.0. The zero-order chi connectivity index (χ0) is 13.7. The molecule has 104 valence electrons. The topological polar surface area (TPSA) is 75.4 Å². The molecular weight excluding hydrogens is 230 g/mol. The maximum Gasteiger partial charge on any atom is 0.244 e. The van der Waals surface area contributed by atoms with Crippen molar-refractivity contribution in [1.82, 2.24) is 10.2 Å². The molecule has 1 saturated heterocycles. The van der Waals surface area contributed by atoms with Crippen molar-refractivity contribution in [2.75, 3.05) is 13.1 Å². The van der Waals surface area contributed by atoms with Crippen LogP contribution in [-0.2, 0) is 9.59 Å². The van der Waals surface area contributed by atoms with Crippen LogP contribution >= 0.6 is 0 Å². The van der Waals surface area contributed by atoms with Crippen molar-refractivity contribution in [3.8, 4) is 0 Å². The third-order valence-corrected chi connectivity index (χ3v) is 3.21. The zero-order valence-electron chi connectivity index (χ0n) is 11.6. The van der Waals surface area contributed by atoms with Crippen LogP contribution in [-0.4, -0.2) is 41.9 Å². The first-order chi connectivity index (χ1) is 8.41. The Kier molecular flexibility index (Phi) is 5.59. The Hall–Kier alpha value is -1.10. The highest BCUT2D eigenvalue weighted by Crippen LogP contribution is 2.09. The fourth-order valence-electron chi connectivity index (χ4n) is 2.21. The molecule has 1 aliphatic heterocycles. The van der Waals surface area contributed by atoms with E-state index in [1.807, 2.05) is 13.8 Å². The van der Waals surface area contributed by atoms with E-state index in [0.29, 0.717) is 12.3 Å². The third kappa shape index (κ3) is 4.29. The molecule has 0 aromatic heterocycles. The molecule has 0 bridgehead atoms. The molecule has 0 aromatic rings. The van der Waals surface area contributed by atoms with Crippen molar-refractivity contribution in [1.29, 1.82) is 0 Å². The van der Waals surface area contributed by atoms with E-state index in [0.717, 1.165) is 25.9 Å². The number of hydrogen-bond donors (Lipinski definition) is 2. The quantitative estimate of drug-likeness (QED) is 0.750. The van der Waals surface area contributed by atoms with E-state index in [-0.39, 0.29) is 11.8 Å². The van der Waals surface area contributed by atoms with Crippen molar-refractivity contribution in [3.05, 3.63) is 0 Å². The Morgan fingerprint density at radius 2 is 1.78 bits per heavy atom. The normalized spacial score (nSPS) is 18.8. The first-order valence-corrected chi connectivity index (χ1v) is 6.76. The average molecular weight is 255 g/mol. The van der Waals surface area contributed by atoms with Crippen LogP contribution in [0.1, 0.15) is 40.0 Å². The summed E-state index contributed by atoms with van der Waals surface area (Å²) < 4.78 is 0. The minimum atomic E-state index is -0.529. The smallest absolute Gasteiger partial charge is 0.244 e. The van der Waals surface area contributed by atoms with Gasteiger partial charge in [0, 0.05) is 13.1 Å². The number of hydrogen-bond acceptors (Lipinski definition) is 3. The Morgan fingerprint density at radius 1 is 1.22 bits per heavy atom. The van der Waals surface area contributed by atoms with E-state index in [4.69, 9.17) is 5.73 Å². The molecule has 1 unspecified atom stereocenters. The van der Waals surface area contributed by atoms with Gasteiger partial charge in [0.05, 0.1) is 6.04 Å². The molecule has 2 amide bonds. The lowest BCUT2D eigenvalue weighted by molar-refractivity contribution is -0.135. The molecule has 0 aliphatic carbocycles. The van der Waals surface area contributed by atoms with Crippen LogP contribution in [0.25, 0.3) is 0 Å². The van der Waals surface area contributed by atoms with Gasteiger partial charge in [-0.3, -0.25) is 9.59 Å². The summed E-state index contributed by atoms with van der Waals surface area (Å²) in [6.07, 6.45) is 2.75. The number of carbonyl (C=O) groups excluding carboxylic acids is 2. The Bertz CT molecular complexity index is 299. The van der Waals surface area contributed by atoms with Gasteiger partial charge in [0.1, 0.15) is 6.04 Å². The molecule has 1 rings (SSSR count).